The standard InChI is InChI=1S/C21H21F2N3O5/c1-21(30,20(22)23)17(19(29)26-31)25-18(28)13-8-6-12(7-9-13)4-2-3-5-14-10-15(14)11-16(24)27/h6-9,14-15,17,20,30-31H,10-11H2,1H3,(H2,24,27)(H,25,28)(H,26,29)/t14?,15?,17-,21+/m1/s1. The van der Waals surface area contributed by atoms with Crippen molar-refractivity contribution in [1.29, 1.82) is 0 Å². The summed E-state index contributed by atoms with van der Waals surface area (Å²) >= 11 is 0. The molecule has 1 aromatic carbocycles. The Morgan fingerprint density at radius 2 is 1.90 bits per heavy atom. The van der Waals surface area contributed by atoms with Crippen molar-refractivity contribution in [3.05, 3.63) is 35.4 Å². The molecule has 1 fully saturated rings. The lowest BCUT2D eigenvalue weighted by Gasteiger charge is -2.30. The van der Waals surface area contributed by atoms with E-state index in [0.29, 0.717) is 18.9 Å². The lowest BCUT2D eigenvalue weighted by atomic mass is 9.95. The topological polar surface area (TPSA) is 142 Å². The summed E-state index contributed by atoms with van der Waals surface area (Å²) in [5.74, 6) is 8.70. The molecule has 1 aliphatic rings. The van der Waals surface area contributed by atoms with Crippen molar-refractivity contribution < 1.29 is 33.5 Å². The van der Waals surface area contributed by atoms with Gasteiger partial charge in [0.2, 0.25) is 5.91 Å². The lowest BCUT2D eigenvalue weighted by molar-refractivity contribution is -0.149. The summed E-state index contributed by atoms with van der Waals surface area (Å²) in [6.45, 7) is 0.662. The third-order valence-corrected chi connectivity index (χ3v) is 4.73. The number of alkyl halides is 2. The summed E-state index contributed by atoms with van der Waals surface area (Å²) in [6, 6.07) is 3.58. The van der Waals surface area contributed by atoms with Crippen LogP contribution in [-0.4, -0.2) is 46.1 Å². The molecule has 0 radical (unpaired) electrons. The van der Waals surface area contributed by atoms with Gasteiger partial charge in [-0.2, -0.15) is 0 Å². The van der Waals surface area contributed by atoms with Gasteiger partial charge in [0.25, 0.3) is 18.2 Å². The lowest BCUT2D eigenvalue weighted by Crippen LogP contribution is -2.61. The van der Waals surface area contributed by atoms with Gasteiger partial charge in [0.05, 0.1) is 0 Å². The minimum atomic E-state index is -3.37. The first kappa shape index (κ1) is 23.8. The van der Waals surface area contributed by atoms with Gasteiger partial charge in [0, 0.05) is 23.5 Å². The van der Waals surface area contributed by atoms with Crippen molar-refractivity contribution >= 4 is 17.7 Å². The molecule has 0 spiro atoms. The Balaban J connectivity index is 2.01. The monoisotopic (exact) mass is 433 g/mol. The summed E-state index contributed by atoms with van der Waals surface area (Å²) in [6.07, 6.45) is -2.24. The fraction of sp³-hybridized carbons (Fsp3) is 0.381. The predicted molar refractivity (Wildman–Crippen MR) is 104 cm³/mol. The summed E-state index contributed by atoms with van der Waals surface area (Å²) in [5, 5.41) is 20.5. The summed E-state index contributed by atoms with van der Waals surface area (Å²) in [4.78, 5) is 34.7. The van der Waals surface area contributed by atoms with Gasteiger partial charge < -0.3 is 16.2 Å². The zero-order valence-corrected chi connectivity index (χ0v) is 16.5. The number of hydrogen-bond donors (Lipinski definition) is 5. The maximum absolute atomic E-state index is 13.0. The van der Waals surface area contributed by atoms with E-state index in [1.807, 2.05) is 5.32 Å². The molecule has 3 amide bonds. The normalized spacial score (nSPS) is 19.5. The zero-order valence-electron chi connectivity index (χ0n) is 16.5. The van der Waals surface area contributed by atoms with E-state index >= 15 is 0 Å². The Bertz CT molecular complexity index is 971. The smallest absolute Gasteiger partial charge is 0.269 e. The second-order valence-electron chi connectivity index (χ2n) is 7.28. The third kappa shape index (κ3) is 6.51. The molecule has 8 nitrogen and oxygen atoms in total. The van der Waals surface area contributed by atoms with Gasteiger partial charge in [-0.25, -0.2) is 14.3 Å². The fourth-order valence-corrected chi connectivity index (χ4v) is 2.73. The summed E-state index contributed by atoms with van der Waals surface area (Å²) < 4.78 is 26.1. The highest BCUT2D eigenvalue weighted by molar-refractivity contribution is 5.97. The van der Waals surface area contributed by atoms with Crippen LogP contribution in [0.25, 0.3) is 0 Å². The van der Waals surface area contributed by atoms with Crippen molar-refractivity contribution in [3.63, 3.8) is 0 Å². The average molecular weight is 433 g/mol. The van der Waals surface area contributed by atoms with Gasteiger partial charge in [-0.15, -0.1) is 0 Å². The number of carbonyl (C=O) groups is 3. The molecule has 31 heavy (non-hydrogen) atoms. The highest BCUT2D eigenvalue weighted by Crippen LogP contribution is 2.40. The molecule has 1 aliphatic carbocycles. The van der Waals surface area contributed by atoms with E-state index in [1.54, 1.807) is 0 Å². The van der Waals surface area contributed by atoms with Gasteiger partial charge in [-0.1, -0.05) is 11.8 Å². The maximum Gasteiger partial charge on any atom is 0.269 e. The second-order valence-corrected chi connectivity index (χ2v) is 7.28. The first-order valence-corrected chi connectivity index (χ1v) is 9.21. The van der Waals surface area contributed by atoms with Gasteiger partial charge in [0.1, 0.15) is 6.04 Å². The zero-order chi connectivity index (χ0) is 23.2. The molecule has 0 aromatic heterocycles. The third-order valence-electron chi connectivity index (χ3n) is 4.73. The Morgan fingerprint density at radius 3 is 2.45 bits per heavy atom. The minimum absolute atomic E-state index is 0.0183. The van der Waals surface area contributed by atoms with Crippen LogP contribution < -0.4 is 16.5 Å². The van der Waals surface area contributed by atoms with Gasteiger partial charge in [-0.3, -0.25) is 19.6 Å². The fourth-order valence-electron chi connectivity index (χ4n) is 2.73. The number of nitrogens with one attached hydrogen (secondary N) is 2. The van der Waals surface area contributed by atoms with Gasteiger partial charge in [-0.05, 0) is 55.4 Å². The van der Waals surface area contributed by atoms with E-state index < -0.39 is 29.9 Å². The van der Waals surface area contributed by atoms with E-state index in [2.05, 4.69) is 23.7 Å². The molecular weight excluding hydrogens is 412 g/mol. The van der Waals surface area contributed by atoms with Crippen LogP contribution in [0.5, 0.6) is 0 Å². The first-order valence-electron chi connectivity index (χ1n) is 9.21. The van der Waals surface area contributed by atoms with Crippen LogP contribution in [0.1, 0.15) is 35.7 Å². The highest BCUT2D eigenvalue weighted by Gasteiger charge is 2.46. The largest absolute Gasteiger partial charge is 0.381 e. The number of aliphatic hydroxyl groups is 1. The maximum atomic E-state index is 13.0. The molecule has 0 heterocycles. The molecule has 0 saturated heterocycles. The van der Waals surface area contributed by atoms with Crippen LogP contribution in [0.4, 0.5) is 8.78 Å². The number of halogens is 2. The van der Waals surface area contributed by atoms with Gasteiger partial charge >= 0.3 is 0 Å². The SMILES string of the molecule is C[C@@](O)(C(F)F)[C@H](NC(=O)c1ccc(C#CC#CC2CC2CC(N)=O)cc1)C(=O)NO. The van der Waals surface area contributed by atoms with Crippen molar-refractivity contribution in [1.82, 2.24) is 10.8 Å². The van der Waals surface area contributed by atoms with E-state index in [0.717, 1.165) is 11.9 Å². The molecule has 164 valence electrons. The van der Waals surface area contributed by atoms with Gasteiger partial charge in [0.15, 0.2) is 5.60 Å². The van der Waals surface area contributed by atoms with Crippen LogP contribution in [0.15, 0.2) is 24.3 Å². The number of primary amides is 1. The molecule has 0 aliphatic heterocycles. The van der Waals surface area contributed by atoms with Crippen LogP contribution in [0, 0.1) is 35.5 Å². The Kier molecular flexibility index (Phi) is 7.70. The number of amides is 3. The number of rotatable bonds is 7. The van der Waals surface area contributed by atoms with E-state index in [1.165, 1.54) is 24.3 Å². The molecule has 1 saturated carbocycles. The molecule has 2 rings (SSSR count). The quantitative estimate of drug-likeness (QED) is 0.237. The second kappa shape index (κ2) is 10.0. The minimum Gasteiger partial charge on any atom is -0.381 e. The molecular formula is C21H21F2N3O5. The van der Waals surface area contributed by atoms with E-state index in [-0.39, 0.29) is 23.3 Å². The van der Waals surface area contributed by atoms with Crippen molar-refractivity contribution in [3.8, 4) is 23.7 Å². The van der Waals surface area contributed by atoms with Crippen LogP contribution in [0.3, 0.4) is 0 Å². The van der Waals surface area contributed by atoms with Crippen LogP contribution in [0.2, 0.25) is 0 Å². The molecule has 10 heteroatoms. The Hall–Kier alpha value is -3.47. The molecule has 4 atom stereocenters. The number of hydroxylamine groups is 1. The molecule has 2 unspecified atom stereocenters. The number of hydrogen-bond acceptors (Lipinski definition) is 5. The molecule has 1 aromatic rings. The average Bonchev–Trinajstić information content (AvgIpc) is 3.45. The molecule has 6 N–H and O–H groups in total. The van der Waals surface area contributed by atoms with Crippen molar-refractivity contribution in [2.24, 2.45) is 17.6 Å². The predicted octanol–water partition coefficient (Wildman–Crippen LogP) is 0.173. The Morgan fingerprint density at radius 1 is 1.26 bits per heavy atom. The van der Waals surface area contributed by atoms with Crippen molar-refractivity contribution in [2.45, 2.75) is 37.8 Å². The number of benzene rings is 1. The summed E-state index contributed by atoms with van der Waals surface area (Å²) in [7, 11) is 0. The van der Waals surface area contributed by atoms with Crippen LogP contribution in [-0.2, 0) is 9.59 Å². The number of nitrogens with two attached hydrogens (primary N) is 1. The van der Waals surface area contributed by atoms with Crippen molar-refractivity contribution in [2.75, 3.05) is 0 Å². The number of carbonyl (C=O) groups excluding carboxylic acids is 3. The van der Waals surface area contributed by atoms with Crippen LogP contribution >= 0.6 is 0 Å². The molecule has 0 bridgehead atoms. The summed E-state index contributed by atoms with van der Waals surface area (Å²) in [5.41, 5.74) is 3.90. The highest BCUT2D eigenvalue weighted by atomic mass is 19.3. The van der Waals surface area contributed by atoms with E-state index in [9.17, 15) is 28.3 Å². The Labute approximate surface area is 177 Å². The first-order chi connectivity index (χ1) is 14.6. The van der Waals surface area contributed by atoms with E-state index in [4.69, 9.17) is 10.9 Å².